The first-order chi connectivity index (χ1) is 54.5. The van der Waals surface area contributed by atoms with Gasteiger partial charge in [0, 0.05) is 125 Å². The van der Waals surface area contributed by atoms with E-state index in [4.69, 9.17) is 28.3 Å². The van der Waals surface area contributed by atoms with E-state index in [0.29, 0.717) is 109 Å². The van der Waals surface area contributed by atoms with Gasteiger partial charge >= 0.3 is 0 Å². The van der Waals surface area contributed by atoms with Gasteiger partial charge in [-0.15, -0.1) is 0 Å². The SMILES string of the molecule is Cc1cc(C)c(Nc2ccc3c(-c4ccccc4S(=O)(=O)O)c4cc/c(=N\c5c(C)c(OC6CCC(Oc7c(C)cc(C)c(Nc8ccc9c(-c%10ccccc%10S(=O)(=O)O)c%10cc/c(=N\c%11c(C)c(NC(=O)C(C)C)c(C)c(S(=O)(=O)O)c%11C)cc-%10oc9c8)c7C)CC6)c(C)c(S(=O)(=O)O)c5C)cc-4oc3c2)c(C)c1NC(=O)C(C)C. The molecule has 13 rings (SSSR count). The molecule has 0 atom stereocenters. The Kier molecular flexibility index (Phi) is 22.5. The fraction of sp³-hybridized carbons (Fsp3) is 0.273. The lowest BCUT2D eigenvalue weighted by molar-refractivity contribution is -0.119. The van der Waals surface area contributed by atoms with Crippen LogP contribution in [0.2, 0.25) is 0 Å². The van der Waals surface area contributed by atoms with Gasteiger partial charge in [-0.25, -0.2) is 9.98 Å². The van der Waals surface area contributed by atoms with Crippen molar-refractivity contribution in [2.75, 3.05) is 21.3 Å². The van der Waals surface area contributed by atoms with Crippen LogP contribution in [0.15, 0.2) is 172 Å². The lowest BCUT2D eigenvalue weighted by Crippen LogP contribution is -2.31. The topological polar surface area (TPSA) is 369 Å². The molecule has 0 saturated heterocycles. The van der Waals surface area contributed by atoms with Crippen molar-refractivity contribution in [3.8, 4) is 56.4 Å². The molecule has 8 N–H and O–H groups in total. The first-order valence-electron chi connectivity index (χ1n) is 37.7. The summed E-state index contributed by atoms with van der Waals surface area (Å²) in [5.41, 5.74) is 13.2. The minimum absolute atomic E-state index is 0.127. The summed E-state index contributed by atoms with van der Waals surface area (Å²) in [7, 11) is -19.3. The Hall–Kier alpha value is -11.1. The Morgan fingerprint density at radius 1 is 0.397 bits per heavy atom. The number of hydrogen-bond acceptors (Lipinski definition) is 18. The number of carbonyl (C=O) groups excluding carboxylic acids is 2. The summed E-state index contributed by atoms with van der Waals surface area (Å²) < 4.78 is 175. The van der Waals surface area contributed by atoms with Crippen LogP contribution >= 0.6 is 0 Å². The summed E-state index contributed by atoms with van der Waals surface area (Å²) >= 11 is 0. The van der Waals surface area contributed by atoms with E-state index in [2.05, 4.69) is 21.3 Å². The van der Waals surface area contributed by atoms with Crippen LogP contribution in [0.3, 0.4) is 0 Å². The number of amides is 2. The van der Waals surface area contributed by atoms with Crippen molar-refractivity contribution >= 4 is 120 Å². The molecule has 0 aromatic heterocycles. The standard InChI is InChI=1S/C88H90N6O18S4/c1-43(2)87(95)93-78-46(6)37-45(5)77(49(78)9)89-57-25-33-63-69(39-57)111-72-42-60(28-36-66(72)75(63)67-21-17-19-23-73(67)113(97,98)99)92-82-52(12)84(56(16)86(55(82)15)116(106,107)108)110-62-31-29-61(30-32-62)109-83-48(8)38-47(7)79(51(83)11)90-58-26-34-64-70(40-58)112-71-41-59(27-35-65(71)76(64)68-22-18-20-24-74(68)114(100,101)102)91-80-50(10)81(94-88(96)44(3)4)54(14)85(53(80)13)115(103,104)105/h17-28,33-44,61-62,89-90H,29-32H2,1-16H3,(H,93,95)(H,94,96)(H,97,98,99)(H,100,101,102)(H,103,104,105)(H,106,107,108)/b91-59+,92-60+. The van der Waals surface area contributed by atoms with Crippen molar-refractivity contribution < 1.29 is 79.8 Å². The number of ether oxygens (including phenoxy) is 2. The van der Waals surface area contributed by atoms with Gasteiger partial charge in [0.25, 0.3) is 40.5 Å². The van der Waals surface area contributed by atoms with Crippen molar-refractivity contribution in [3.05, 3.63) is 211 Å². The quantitative estimate of drug-likeness (QED) is 0.0259. The zero-order chi connectivity index (χ0) is 84.0. The second kappa shape index (κ2) is 31.5. The third-order valence-electron chi connectivity index (χ3n) is 21.6. The summed E-state index contributed by atoms with van der Waals surface area (Å²) in [5.74, 6) is 0.0887. The first-order valence-corrected chi connectivity index (χ1v) is 43.4. The van der Waals surface area contributed by atoms with E-state index in [1.807, 2.05) is 79.7 Å². The van der Waals surface area contributed by atoms with Crippen LogP contribution in [-0.4, -0.2) is 75.9 Å². The van der Waals surface area contributed by atoms with Crippen molar-refractivity contribution in [2.24, 2.45) is 21.8 Å². The van der Waals surface area contributed by atoms with Gasteiger partial charge in [0.15, 0.2) is 0 Å². The molecular weight excluding hydrogens is 1560 g/mol. The van der Waals surface area contributed by atoms with Crippen molar-refractivity contribution in [3.63, 3.8) is 0 Å². The molecule has 116 heavy (non-hydrogen) atoms. The number of nitrogens with one attached hydrogen (secondary N) is 4. The average Bonchev–Trinajstić information content (AvgIpc) is 0.743. The largest absolute Gasteiger partial charge is 0.490 e. The molecule has 1 saturated carbocycles. The zero-order valence-corrected chi connectivity index (χ0v) is 70.1. The predicted molar refractivity (Wildman–Crippen MR) is 450 cm³/mol. The summed E-state index contributed by atoms with van der Waals surface area (Å²) in [5, 5.41) is 14.6. The molecule has 8 aromatic rings. The number of carbonyl (C=O) groups is 2. The summed E-state index contributed by atoms with van der Waals surface area (Å²) in [6, 6.07) is 36.8. The predicted octanol–water partition coefficient (Wildman–Crippen LogP) is 19.3. The number of hydrogen-bond donors (Lipinski definition) is 8. The molecule has 28 heteroatoms. The van der Waals surface area contributed by atoms with E-state index in [0.717, 1.165) is 44.8 Å². The second-order valence-corrected chi connectivity index (χ2v) is 36.1. The molecule has 5 aliphatic rings. The molecule has 3 aliphatic carbocycles. The van der Waals surface area contributed by atoms with Gasteiger partial charge < -0.3 is 39.6 Å². The smallest absolute Gasteiger partial charge is 0.295 e. The van der Waals surface area contributed by atoms with E-state index < -0.39 is 57.4 Å². The molecule has 2 heterocycles. The maximum Gasteiger partial charge on any atom is 0.295 e. The van der Waals surface area contributed by atoms with Gasteiger partial charge in [0.1, 0.15) is 53.8 Å². The summed E-state index contributed by atoms with van der Waals surface area (Å²) in [6.07, 6.45) is 1.33. The number of nitrogens with zero attached hydrogens (tertiary/aromatic N) is 2. The van der Waals surface area contributed by atoms with Gasteiger partial charge in [0.2, 0.25) is 11.8 Å². The van der Waals surface area contributed by atoms with Gasteiger partial charge in [-0.1, -0.05) is 76.2 Å². The Balaban J connectivity index is 0.806. The lowest BCUT2D eigenvalue weighted by atomic mass is 9.93. The molecule has 24 nitrogen and oxygen atoms in total. The Labute approximate surface area is 673 Å². The number of fused-ring (bicyclic) bond motifs is 4. The second-order valence-electron chi connectivity index (χ2n) is 30.6. The monoisotopic (exact) mass is 1650 g/mol. The van der Waals surface area contributed by atoms with Crippen LogP contribution in [0, 0.1) is 94.9 Å². The molecule has 604 valence electrons. The van der Waals surface area contributed by atoms with Crippen LogP contribution < -0.4 is 41.5 Å². The minimum atomic E-state index is -4.89. The fourth-order valence-electron chi connectivity index (χ4n) is 16.0. The third kappa shape index (κ3) is 16.2. The lowest BCUT2D eigenvalue weighted by Gasteiger charge is -2.32. The molecule has 0 spiro atoms. The van der Waals surface area contributed by atoms with Crippen molar-refractivity contribution in [1.29, 1.82) is 0 Å². The number of benzene rings is 10. The fourth-order valence-corrected chi connectivity index (χ4v) is 19.4. The Morgan fingerprint density at radius 3 is 1.23 bits per heavy atom. The van der Waals surface area contributed by atoms with Gasteiger partial charge in [0.05, 0.1) is 40.0 Å². The van der Waals surface area contributed by atoms with Crippen LogP contribution in [0.1, 0.15) is 120 Å². The van der Waals surface area contributed by atoms with Crippen molar-refractivity contribution in [2.45, 2.75) is 168 Å². The first kappa shape index (κ1) is 82.9. The maximum absolute atomic E-state index is 13.5. The molecule has 0 unspecified atom stereocenters. The van der Waals surface area contributed by atoms with E-state index in [1.54, 1.807) is 126 Å². The Bertz CT molecular complexity index is 6700. The normalized spacial score (nSPS) is 14.7. The molecule has 2 amide bonds. The van der Waals surface area contributed by atoms with Crippen LogP contribution in [0.25, 0.3) is 66.8 Å². The highest BCUT2D eigenvalue weighted by Crippen LogP contribution is 2.49. The van der Waals surface area contributed by atoms with E-state index in [-0.39, 0.29) is 112 Å². The molecule has 1 fully saturated rings. The zero-order valence-electron chi connectivity index (χ0n) is 66.9. The highest BCUT2D eigenvalue weighted by atomic mass is 32.2. The van der Waals surface area contributed by atoms with E-state index >= 15 is 0 Å². The van der Waals surface area contributed by atoms with E-state index in [9.17, 15) is 61.5 Å². The van der Waals surface area contributed by atoms with Gasteiger partial charge in [-0.2, -0.15) is 33.7 Å². The molecular formula is C88H90N6O18S4. The average molecular weight is 1650 g/mol. The highest BCUT2D eigenvalue weighted by molar-refractivity contribution is 7.86. The molecule has 0 bridgehead atoms. The number of anilines is 6. The molecule has 2 aliphatic heterocycles. The summed E-state index contributed by atoms with van der Waals surface area (Å²) in [6.45, 7) is 28.3. The summed E-state index contributed by atoms with van der Waals surface area (Å²) in [4.78, 5) is 34.5. The van der Waals surface area contributed by atoms with Gasteiger partial charge in [-0.05, 0) is 220 Å². The van der Waals surface area contributed by atoms with Gasteiger partial charge in [-0.3, -0.25) is 27.8 Å². The number of aryl methyl sites for hydroxylation is 4. The van der Waals surface area contributed by atoms with Crippen LogP contribution in [-0.2, 0) is 50.1 Å². The maximum atomic E-state index is 13.5. The molecule has 0 radical (unpaired) electrons. The molecule has 8 aromatic carbocycles. The van der Waals surface area contributed by atoms with E-state index in [1.165, 1.54) is 38.1 Å². The minimum Gasteiger partial charge on any atom is -0.490 e. The van der Waals surface area contributed by atoms with Crippen molar-refractivity contribution in [1.82, 2.24) is 0 Å². The Morgan fingerprint density at radius 2 is 0.793 bits per heavy atom. The number of rotatable bonds is 20. The highest BCUT2D eigenvalue weighted by Gasteiger charge is 2.34. The van der Waals surface area contributed by atoms with Crippen LogP contribution in [0.5, 0.6) is 11.5 Å². The van der Waals surface area contributed by atoms with Crippen LogP contribution in [0.4, 0.5) is 45.5 Å². The third-order valence-corrected chi connectivity index (χ3v) is 25.7.